The lowest BCUT2D eigenvalue weighted by molar-refractivity contribution is 0.0693. The maximum absolute atomic E-state index is 5.82. The lowest BCUT2D eigenvalue weighted by Crippen LogP contribution is -2.20. The molecule has 6 heteroatoms. The van der Waals surface area contributed by atoms with Crippen molar-refractivity contribution in [1.82, 2.24) is 9.97 Å². The molecule has 104 valence electrons. The highest BCUT2D eigenvalue weighted by molar-refractivity contribution is 14.1. The fraction of sp³-hybridized carbons (Fsp3) is 0.692. The Bertz CT molecular complexity index is 461. The van der Waals surface area contributed by atoms with E-state index >= 15 is 0 Å². The van der Waals surface area contributed by atoms with Gasteiger partial charge >= 0.3 is 0 Å². The number of hydrogen-bond acceptors (Lipinski definition) is 5. The number of nitrogens with one attached hydrogen (secondary N) is 1. The molecule has 0 amide bonds. The van der Waals surface area contributed by atoms with Gasteiger partial charge in [-0.3, -0.25) is 0 Å². The molecule has 1 atom stereocenters. The number of rotatable bonds is 4. The lowest BCUT2D eigenvalue weighted by atomic mass is 10.2. The van der Waals surface area contributed by atoms with E-state index < -0.39 is 0 Å². The third-order valence-electron chi connectivity index (χ3n) is 3.31. The van der Waals surface area contributed by atoms with Gasteiger partial charge in [-0.2, -0.15) is 11.8 Å². The topological polar surface area (TPSA) is 47.0 Å². The van der Waals surface area contributed by atoms with Gasteiger partial charge in [0.05, 0.1) is 15.9 Å². The number of thioether (sulfide) groups is 1. The molecule has 1 saturated carbocycles. The molecule has 1 aromatic heterocycles. The van der Waals surface area contributed by atoms with Crippen LogP contribution in [0.4, 0.5) is 5.82 Å². The predicted octanol–water partition coefficient (Wildman–Crippen LogP) is 3.19. The Balaban J connectivity index is 1.93. The van der Waals surface area contributed by atoms with E-state index in [0.29, 0.717) is 5.92 Å². The van der Waals surface area contributed by atoms with E-state index in [0.717, 1.165) is 36.3 Å². The number of nitrogens with zero attached hydrogens (tertiary/aromatic N) is 2. The minimum Gasteiger partial charge on any atom is -0.369 e. The van der Waals surface area contributed by atoms with Gasteiger partial charge in [-0.1, -0.05) is 0 Å². The average Bonchev–Trinajstić information content (AvgIpc) is 3.27. The molecule has 1 N–H and O–H groups in total. The molecule has 4 nitrogen and oxygen atoms in total. The molecule has 1 saturated heterocycles. The van der Waals surface area contributed by atoms with Crippen LogP contribution in [0.3, 0.4) is 0 Å². The molecule has 0 spiro atoms. The summed E-state index contributed by atoms with van der Waals surface area (Å²) in [6.45, 7) is 3.79. The van der Waals surface area contributed by atoms with Crippen molar-refractivity contribution in [3.63, 3.8) is 0 Å². The van der Waals surface area contributed by atoms with Crippen molar-refractivity contribution in [2.75, 3.05) is 30.0 Å². The van der Waals surface area contributed by atoms with Gasteiger partial charge in [-0.15, -0.1) is 0 Å². The standard InChI is InChI=1S/C13H18IN3OS/c1-2-15-13-10(14)11(8-3-4-8)16-12(17-13)9-7-19-6-5-18-9/h8-9H,2-7H2,1H3,(H,15,16,17). The predicted molar refractivity (Wildman–Crippen MR) is 86.9 cm³/mol. The Morgan fingerprint density at radius 2 is 2.26 bits per heavy atom. The van der Waals surface area contributed by atoms with E-state index in [-0.39, 0.29) is 6.10 Å². The van der Waals surface area contributed by atoms with Crippen molar-refractivity contribution in [3.8, 4) is 0 Å². The van der Waals surface area contributed by atoms with Gasteiger partial charge < -0.3 is 10.1 Å². The van der Waals surface area contributed by atoms with Crippen LogP contribution >= 0.6 is 34.4 Å². The summed E-state index contributed by atoms with van der Waals surface area (Å²) in [5.74, 6) is 4.54. The van der Waals surface area contributed by atoms with Crippen LogP contribution in [-0.2, 0) is 4.74 Å². The molecular formula is C13H18IN3OS. The zero-order chi connectivity index (χ0) is 13.2. The fourth-order valence-electron chi connectivity index (χ4n) is 2.18. The Morgan fingerprint density at radius 1 is 1.42 bits per heavy atom. The second-order valence-corrected chi connectivity index (χ2v) is 7.10. The van der Waals surface area contributed by atoms with E-state index in [1.807, 2.05) is 11.8 Å². The summed E-state index contributed by atoms with van der Waals surface area (Å²) in [6.07, 6.45) is 2.59. The molecule has 0 aromatic carbocycles. The molecule has 1 aliphatic heterocycles. The molecule has 1 aliphatic carbocycles. The molecule has 2 fully saturated rings. The van der Waals surface area contributed by atoms with E-state index in [1.54, 1.807) is 0 Å². The Hall–Kier alpha value is -0.0800. The molecule has 3 rings (SSSR count). The third-order valence-corrected chi connectivity index (χ3v) is 5.36. The Labute approximate surface area is 131 Å². The highest BCUT2D eigenvalue weighted by Gasteiger charge is 2.31. The first-order valence-corrected chi connectivity index (χ1v) is 9.03. The van der Waals surface area contributed by atoms with Crippen LogP contribution in [0.15, 0.2) is 0 Å². The van der Waals surface area contributed by atoms with Crippen molar-refractivity contribution < 1.29 is 4.74 Å². The number of anilines is 1. The van der Waals surface area contributed by atoms with Crippen molar-refractivity contribution in [2.24, 2.45) is 0 Å². The first-order valence-electron chi connectivity index (χ1n) is 6.80. The van der Waals surface area contributed by atoms with Gasteiger partial charge in [0.2, 0.25) is 0 Å². The molecule has 19 heavy (non-hydrogen) atoms. The van der Waals surface area contributed by atoms with Crippen LogP contribution in [0, 0.1) is 3.57 Å². The summed E-state index contributed by atoms with van der Waals surface area (Å²) in [6, 6.07) is 0. The zero-order valence-electron chi connectivity index (χ0n) is 11.0. The van der Waals surface area contributed by atoms with Crippen LogP contribution in [0.25, 0.3) is 0 Å². The Kier molecular flexibility index (Phi) is 4.48. The number of ether oxygens (including phenoxy) is 1. The van der Waals surface area contributed by atoms with E-state index in [2.05, 4.69) is 39.8 Å². The molecular weight excluding hydrogens is 373 g/mol. The minimum atomic E-state index is 0.0608. The average molecular weight is 391 g/mol. The first kappa shape index (κ1) is 13.9. The molecule has 0 bridgehead atoms. The maximum atomic E-state index is 5.82. The smallest absolute Gasteiger partial charge is 0.160 e. The number of hydrogen-bond donors (Lipinski definition) is 1. The van der Waals surface area contributed by atoms with Crippen LogP contribution < -0.4 is 5.32 Å². The fourth-order valence-corrected chi connectivity index (χ4v) is 3.89. The van der Waals surface area contributed by atoms with E-state index in [4.69, 9.17) is 9.72 Å². The van der Waals surface area contributed by atoms with Crippen molar-refractivity contribution in [2.45, 2.75) is 31.8 Å². The monoisotopic (exact) mass is 391 g/mol. The molecule has 1 aromatic rings. The highest BCUT2D eigenvalue weighted by Crippen LogP contribution is 2.43. The highest BCUT2D eigenvalue weighted by atomic mass is 127. The lowest BCUT2D eigenvalue weighted by Gasteiger charge is -2.22. The van der Waals surface area contributed by atoms with Gasteiger partial charge in [-0.25, -0.2) is 9.97 Å². The van der Waals surface area contributed by atoms with Gasteiger partial charge in [-0.05, 0) is 42.4 Å². The summed E-state index contributed by atoms with van der Waals surface area (Å²) in [5, 5.41) is 3.36. The van der Waals surface area contributed by atoms with Crippen LogP contribution in [0.2, 0.25) is 0 Å². The van der Waals surface area contributed by atoms with E-state index in [9.17, 15) is 0 Å². The van der Waals surface area contributed by atoms with Crippen molar-refractivity contribution in [1.29, 1.82) is 0 Å². The molecule has 0 radical (unpaired) electrons. The minimum absolute atomic E-state index is 0.0608. The summed E-state index contributed by atoms with van der Waals surface area (Å²) in [7, 11) is 0. The second kappa shape index (κ2) is 6.13. The Morgan fingerprint density at radius 3 is 2.89 bits per heavy atom. The van der Waals surface area contributed by atoms with Crippen LogP contribution in [-0.4, -0.2) is 34.6 Å². The number of halogens is 1. The molecule has 2 aliphatic rings. The second-order valence-electron chi connectivity index (χ2n) is 4.87. The maximum Gasteiger partial charge on any atom is 0.160 e. The normalized spacial score (nSPS) is 23.4. The summed E-state index contributed by atoms with van der Waals surface area (Å²) in [5.41, 5.74) is 1.22. The van der Waals surface area contributed by atoms with Gasteiger partial charge in [0.25, 0.3) is 0 Å². The molecule has 2 heterocycles. The van der Waals surface area contributed by atoms with Gasteiger partial charge in [0.1, 0.15) is 11.9 Å². The van der Waals surface area contributed by atoms with Crippen LogP contribution in [0.5, 0.6) is 0 Å². The summed E-state index contributed by atoms with van der Waals surface area (Å²) < 4.78 is 7.01. The van der Waals surface area contributed by atoms with Crippen molar-refractivity contribution >= 4 is 40.2 Å². The SMILES string of the molecule is CCNc1nc(C2CSCCO2)nc(C2CC2)c1I. The summed E-state index contributed by atoms with van der Waals surface area (Å²) in [4.78, 5) is 9.49. The zero-order valence-corrected chi connectivity index (χ0v) is 14.0. The number of aromatic nitrogens is 2. The van der Waals surface area contributed by atoms with Crippen molar-refractivity contribution in [3.05, 3.63) is 15.1 Å². The molecule has 1 unspecified atom stereocenters. The quantitative estimate of drug-likeness (QED) is 0.799. The largest absolute Gasteiger partial charge is 0.369 e. The summed E-state index contributed by atoms with van der Waals surface area (Å²) >= 11 is 4.30. The van der Waals surface area contributed by atoms with Crippen LogP contribution in [0.1, 0.15) is 43.3 Å². The van der Waals surface area contributed by atoms with Gasteiger partial charge in [0, 0.05) is 24.0 Å². The van der Waals surface area contributed by atoms with E-state index in [1.165, 1.54) is 22.1 Å². The third kappa shape index (κ3) is 3.16. The van der Waals surface area contributed by atoms with Gasteiger partial charge in [0.15, 0.2) is 5.82 Å². The first-order chi connectivity index (χ1) is 9.29.